The van der Waals surface area contributed by atoms with Crippen molar-refractivity contribution >= 4 is 17.9 Å². The Kier molecular flexibility index (Phi) is 7.09. The summed E-state index contributed by atoms with van der Waals surface area (Å²) in [5.74, 6) is 0.962. The van der Waals surface area contributed by atoms with E-state index < -0.39 is 17.7 Å². The molecule has 2 aromatic rings. The largest absolute Gasteiger partial charge is 0.512 e. The fourth-order valence-corrected chi connectivity index (χ4v) is 4.92. The minimum atomic E-state index is -0.736. The fraction of sp³-hybridized carbons (Fsp3) is 0.480. The molecular formula is C25H30N2O7. The molecule has 1 aromatic heterocycles. The first-order valence-corrected chi connectivity index (χ1v) is 11.5. The lowest BCUT2D eigenvalue weighted by atomic mass is 9.76. The summed E-state index contributed by atoms with van der Waals surface area (Å²) < 4.78 is 21.1. The maximum absolute atomic E-state index is 13.1. The Morgan fingerprint density at radius 1 is 1.24 bits per heavy atom. The Bertz CT molecular complexity index is 1050. The number of anilines is 1. The second-order valence-corrected chi connectivity index (χ2v) is 8.86. The van der Waals surface area contributed by atoms with Crippen LogP contribution < -0.4 is 10.1 Å². The molecule has 2 N–H and O–H groups in total. The van der Waals surface area contributed by atoms with Crippen LogP contribution in [0.15, 0.2) is 46.2 Å². The molecule has 9 heteroatoms. The number of hydrogen-bond donors (Lipinski definition) is 2. The van der Waals surface area contributed by atoms with Crippen molar-refractivity contribution in [3.63, 3.8) is 0 Å². The summed E-state index contributed by atoms with van der Waals surface area (Å²) in [4.78, 5) is 24.4. The Balaban J connectivity index is 1.51. The minimum Gasteiger partial charge on any atom is -0.512 e. The zero-order valence-electron chi connectivity index (χ0n) is 19.5. The summed E-state index contributed by atoms with van der Waals surface area (Å²) in [6, 6.07) is 9.34. The molecule has 2 heterocycles. The number of ether oxygens (including phenoxy) is 3. The number of esters is 1. The van der Waals surface area contributed by atoms with Crippen molar-refractivity contribution in [2.24, 2.45) is 5.92 Å². The Labute approximate surface area is 198 Å². The first-order chi connectivity index (χ1) is 16.4. The Hall–Kier alpha value is -3.49. The number of aliphatic hydroxyl groups is 1. The average molecular weight is 471 g/mol. The number of benzene rings is 1. The van der Waals surface area contributed by atoms with Gasteiger partial charge in [0.15, 0.2) is 5.82 Å². The van der Waals surface area contributed by atoms with Crippen LogP contribution in [0.1, 0.15) is 49.8 Å². The van der Waals surface area contributed by atoms with Gasteiger partial charge in [-0.15, -0.1) is 0 Å². The normalized spacial score (nSPS) is 20.8. The van der Waals surface area contributed by atoms with Crippen LogP contribution in [0.5, 0.6) is 5.75 Å². The van der Waals surface area contributed by atoms with E-state index in [-0.39, 0.29) is 35.9 Å². The van der Waals surface area contributed by atoms with Crippen LogP contribution in [0.3, 0.4) is 0 Å². The monoisotopic (exact) mass is 470 g/mol. The number of amides is 1. The van der Waals surface area contributed by atoms with Crippen molar-refractivity contribution in [1.29, 1.82) is 0 Å². The lowest BCUT2D eigenvalue weighted by Gasteiger charge is -2.41. The van der Waals surface area contributed by atoms with E-state index in [1.807, 2.05) is 24.3 Å². The third kappa shape index (κ3) is 5.18. The molecule has 182 valence electrons. The number of nitrogens with zero attached hydrogens (tertiary/aromatic N) is 1. The number of carbonyl (C=O) groups is 2. The average Bonchev–Trinajstić information content (AvgIpc) is 3.53. The van der Waals surface area contributed by atoms with Crippen LogP contribution in [0.4, 0.5) is 10.6 Å². The first kappa shape index (κ1) is 23.7. The van der Waals surface area contributed by atoms with Gasteiger partial charge in [0, 0.05) is 18.9 Å². The van der Waals surface area contributed by atoms with E-state index in [0.717, 1.165) is 43.4 Å². The molecule has 1 aliphatic carbocycles. The second kappa shape index (κ2) is 10.2. The standard InChI is InChI=1S/C25H30N2O7/c1-31-18-9-7-16(8-10-18)11-12-25(17-5-3-4-6-17)15-21(28)20(23(29)33-25)13-19-14-22(27-34-19)26-24(30)32-2/h7-10,14,17,28H,3-6,11-13,15H2,1-2H3,(H,26,27,30). The van der Waals surface area contributed by atoms with Gasteiger partial charge in [-0.25, -0.2) is 9.59 Å². The van der Waals surface area contributed by atoms with Crippen molar-refractivity contribution in [3.8, 4) is 5.75 Å². The number of cyclic esters (lactones) is 1. The third-order valence-corrected chi connectivity index (χ3v) is 6.78. The van der Waals surface area contributed by atoms with Crippen molar-refractivity contribution in [3.05, 3.63) is 53.0 Å². The van der Waals surface area contributed by atoms with E-state index in [0.29, 0.717) is 12.2 Å². The summed E-state index contributed by atoms with van der Waals surface area (Å²) in [6.07, 6.45) is 5.10. The molecule has 0 radical (unpaired) electrons. The molecule has 9 nitrogen and oxygen atoms in total. The first-order valence-electron chi connectivity index (χ1n) is 11.5. The Morgan fingerprint density at radius 3 is 2.62 bits per heavy atom. The summed E-state index contributed by atoms with van der Waals surface area (Å²) in [7, 11) is 2.87. The van der Waals surface area contributed by atoms with Crippen molar-refractivity contribution in [2.75, 3.05) is 19.5 Å². The lowest BCUT2D eigenvalue weighted by Crippen LogP contribution is -2.46. The van der Waals surface area contributed by atoms with E-state index in [2.05, 4.69) is 15.2 Å². The third-order valence-electron chi connectivity index (χ3n) is 6.78. The fourth-order valence-electron chi connectivity index (χ4n) is 4.92. The molecule has 0 bridgehead atoms. The van der Waals surface area contributed by atoms with Crippen LogP contribution in [-0.2, 0) is 27.1 Å². The van der Waals surface area contributed by atoms with E-state index in [9.17, 15) is 14.7 Å². The molecule has 1 unspecified atom stereocenters. The van der Waals surface area contributed by atoms with Crippen LogP contribution >= 0.6 is 0 Å². The summed E-state index contributed by atoms with van der Waals surface area (Å²) in [6.45, 7) is 0. The number of rotatable bonds is 8. The van der Waals surface area contributed by atoms with Crippen LogP contribution in [0.25, 0.3) is 0 Å². The number of aromatic nitrogens is 1. The number of aryl methyl sites for hydroxylation is 1. The van der Waals surface area contributed by atoms with Gasteiger partial charge < -0.3 is 23.8 Å². The predicted octanol–water partition coefficient (Wildman–Crippen LogP) is 4.72. The molecule has 0 saturated heterocycles. The SMILES string of the molecule is COC(=O)Nc1cc(CC2=C(O)CC(CCc3ccc(OC)cc3)(C3CCCC3)OC2=O)on1. The number of nitrogens with one attached hydrogen (secondary N) is 1. The maximum atomic E-state index is 13.1. The van der Waals surface area contributed by atoms with Gasteiger partial charge in [0.25, 0.3) is 0 Å². The van der Waals surface area contributed by atoms with Gasteiger partial charge in [-0.2, -0.15) is 0 Å². The van der Waals surface area contributed by atoms with E-state index in [4.69, 9.17) is 14.0 Å². The lowest BCUT2D eigenvalue weighted by molar-refractivity contribution is -0.167. The molecule has 1 amide bonds. The molecule has 1 fully saturated rings. The van der Waals surface area contributed by atoms with Gasteiger partial charge in [0.05, 0.1) is 19.8 Å². The molecule has 1 aromatic carbocycles. The molecule has 34 heavy (non-hydrogen) atoms. The molecule has 0 spiro atoms. The highest BCUT2D eigenvalue weighted by molar-refractivity contribution is 5.91. The van der Waals surface area contributed by atoms with Gasteiger partial charge in [0.2, 0.25) is 0 Å². The highest BCUT2D eigenvalue weighted by atomic mass is 16.6. The highest BCUT2D eigenvalue weighted by Crippen LogP contribution is 2.46. The van der Waals surface area contributed by atoms with Crippen molar-refractivity contribution < 1.29 is 33.4 Å². The topological polar surface area (TPSA) is 120 Å². The van der Waals surface area contributed by atoms with Crippen molar-refractivity contribution in [1.82, 2.24) is 5.16 Å². The van der Waals surface area contributed by atoms with E-state index >= 15 is 0 Å². The summed E-state index contributed by atoms with van der Waals surface area (Å²) in [5, 5.41) is 17.1. The number of carbonyl (C=O) groups excluding carboxylic acids is 2. The minimum absolute atomic E-state index is 0.0136. The van der Waals surface area contributed by atoms with Crippen LogP contribution in [0, 0.1) is 5.92 Å². The summed E-state index contributed by atoms with van der Waals surface area (Å²) >= 11 is 0. The quantitative estimate of drug-likeness (QED) is 0.532. The predicted molar refractivity (Wildman–Crippen MR) is 123 cm³/mol. The molecule has 1 saturated carbocycles. The molecular weight excluding hydrogens is 440 g/mol. The molecule has 4 rings (SSSR count). The number of hydrogen-bond acceptors (Lipinski definition) is 8. The van der Waals surface area contributed by atoms with Gasteiger partial charge in [-0.1, -0.05) is 30.1 Å². The van der Waals surface area contributed by atoms with Gasteiger partial charge in [-0.05, 0) is 49.3 Å². The maximum Gasteiger partial charge on any atom is 0.412 e. The van der Waals surface area contributed by atoms with Gasteiger partial charge in [0.1, 0.15) is 22.9 Å². The van der Waals surface area contributed by atoms with Crippen LogP contribution in [0.2, 0.25) is 0 Å². The van der Waals surface area contributed by atoms with E-state index in [1.54, 1.807) is 7.11 Å². The number of methoxy groups -OCH3 is 2. The van der Waals surface area contributed by atoms with E-state index in [1.165, 1.54) is 13.2 Å². The van der Waals surface area contributed by atoms with Crippen LogP contribution in [-0.4, -0.2) is 42.1 Å². The molecule has 1 aliphatic heterocycles. The molecule has 2 aliphatic rings. The smallest absolute Gasteiger partial charge is 0.412 e. The van der Waals surface area contributed by atoms with Crippen molar-refractivity contribution in [2.45, 2.75) is 57.0 Å². The number of aliphatic hydroxyl groups excluding tert-OH is 1. The van der Waals surface area contributed by atoms with Gasteiger partial charge >= 0.3 is 12.1 Å². The Morgan fingerprint density at radius 2 is 1.97 bits per heavy atom. The zero-order valence-corrected chi connectivity index (χ0v) is 19.5. The summed E-state index contributed by atoms with van der Waals surface area (Å²) in [5.41, 5.74) is 0.537. The molecule has 1 atom stereocenters. The highest BCUT2D eigenvalue weighted by Gasteiger charge is 2.48. The second-order valence-electron chi connectivity index (χ2n) is 8.86. The van der Waals surface area contributed by atoms with Gasteiger partial charge in [-0.3, -0.25) is 5.32 Å². The zero-order chi connectivity index (χ0) is 24.1.